The molecular formula is C16H13ClFN3O2S. The van der Waals surface area contributed by atoms with Crippen LogP contribution in [-0.2, 0) is 4.74 Å². The quantitative estimate of drug-likeness (QED) is 0.678. The highest BCUT2D eigenvalue weighted by Crippen LogP contribution is 2.35. The van der Waals surface area contributed by atoms with E-state index in [1.807, 2.05) is 6.92 Å². The predicted octanol–water partition coefficient (Wildman–Crippen LogP) is 4.71. The van der Waals surface area contributed by atoms with Gasteiger partial charge in [-0.15, -0.1) is 11.3 Å². The van der Waals surface area contributed by atoms with Crippen LogP contribution in [0, 0.1) is 12.7 Å². The summed E-state index contributed by atoms with van der Waals surface area (Å²) in [4.78, 5) is 21.7. The average molecular weight is 366 g/mol. The van der Waals surface area contributed by atoms with Crippen molar-refractivity contribution in [2.24, 2.45) is 0 Å². The molecule has 3 rings (SSSR count). The van der Waals surface area contributed by atoms with Crippen molar-refractivity contribution in [2.45, 2.75) is 13.8 Å². The zero-order valence-corrected chi connectivity index (χ0v) is 14.5. The van der Waals surface area contributed by atoms with E-state index in [1.54, 1.807) is 13.0 Å². The van der Waals surface area contributed by atoms with Gasteiger partial charge in [0.1, 0.15) is 27.7 Å². The average Bonchev–Trinajstić information content (AvgIpc) is 2.89. The standard InChI is InChI=1S/C16H13ClFN3O2S/c1-3-23-16(22)13-8(2)12-14(19-7-20-15(12)24-13)21-9-4-5-11(18)10(17)6-9/h4-7H,3H2,1-2H3,(H,19,20,21). The number of rotatable bonds is 4. The number of anilines is 2. The maximum Gasteiger partial charge on any atom is 0.348 e. The zero-order valence-electron chi connectivity index (χ0n) is 12.9. The highest BCUT2D eigenvalue weighted by atomic mass is 35.5. The Balaban J connectivity index is 2.05. The van der Waals surface area contributed by atoms with Crippen molar-refractivity contribution < 1.29 is 13.9 Å². The van der Waals surface area contributed by atoms with Crippen molar-refractivity contribution in [3.63, 3.8) is 0 Å². The molecule has 124 valence electrons. The molecule has 0 aliphatic heterocycles. The largest absolute Gasteiger partial charge is 0.462 e. The van der Waals surface area contributed by atoms with Crippen molar-refractivity contribution in [1.29, 1.82) is 0 Å². The number of hydrogen-bond donors (Lipinski definition) is 1. The van der Waals surface area contributed by atoms with E-state index in [0.717, 1.165) is 10.9 Å². The Labute approximate surface area is 146 Å². The Morgan fingerprint density at radius 1 is 1.42 bits per heavy atom. The van der Waals surface area contributed by atoms with Gasteiger partial charge in [0.05, 0.1) is 17.0 Å². The first-order valence-corrected chi connectivity index (χ1v) is 8.34. The van der Waals surface area contributed by atoms with Gasteiger partial charge in [-0.05, 0) is 37.6 Å². The first kappa shape index (κ1) is 16.6. The fraction of sp³-hybridized carbons (Fsp3) is 0.188. The minimum Gasteiger partial charge on any atom is -0.462 e. The Morgan fingerprint density at radius 2 is 2.21 bits per heavy atom. The van der Waals surface area contributed by atoms with Gasteiger partial charge in [0.2, 0.25) is 0 Å². The molecule has 2 heterocycles. The van der Waals surface area contributed by atoms with Crippen LogP contribution in [0.5, 0.6) is 0 Å². The molecule has 3 aromatic rings. The number of nitrogens with zero attached hydrogens (tertiary/aromatic N) is 2. The molecule has 0 radical (unpaired) electrons. The highest BCUT2D eigenvalue weighted by Gasteiger charge is 2.20. The Bertz CT molecular complexity index is 929. The fourth-order valence-electron chi connectivity index (χ4n) is 2.27. The molecule has 1 aromatic carbocycles. The molecule has 0 spiro atoms. The minimum atomic E-state index is -0.494. The molecule has 0 aliphatic rings. The maximum atomic E-state index is 13.3. The lowest BCUT2D eigenvalue weighted by atomic mass is 10.2. The lowest BCUT2D eigenvalue weighted by Crippen LogP contribution is -2.03. The number of aromatic nitrogens is 2. The topological polar surface area (TPSA) is 64.1 Å². The highest BCUT2D eigenvalue weighted by molar-refractivity contribution is 7.20. The second-order valence-corrected chi connectivity index (χ2v) is 6.34. The van der Waals surface area contributed by atoms with Crippen LogP contribution < -0.4 is 5.32 Å². The van der Waals surface area contributed by atoms with Gasteiger partial charge in [0, 0.05) is 5.69 Å². The van der Waals surface area contributed by atoms with Crippen LogP contribution in [0.25, 0.3) is 10.2 Å². The number of thiophene rings is 1. The number of benzene rings is 1. The summed E-state index contributed by atoms with van der Waals surface area (Å²) in [7, 11) is 0. The second-order valence-electron chi connectivity index (χ2n) is 4.93. The zero-order chi connectivity index (χ0) is 17.3. The number of carbonyl (C=O) groups excluding carboxylic acids is 1. The summed E-state index contributed by atoms with van der Waals surface area (Å²) in [6.07, 6.45) is 1.40. The SMILES string of the molecule is CCOC(=O)c1sc2ncnc(Nc3ccc(F)c(Cl)c3)c2c1C. The van der Waals surface area contributed by atoms with E-state index in [4.69, 9.17) is 16.3 Å². The number of halogens is 2. The number of aryl methyl sites for hydroxylation is 1. The monoisotopic (exact) mass is 365 g/mol. The maximum absolute atomic E-state index is 13.3. The number of ether oxygens (including phenoxy) is 1. The number of carbonyl (C=O) groups is 1. The van der Waals surface area contributed by atoms with Gasteiger partial charge in [-0.2, -0.15) is 0 Å². The summed E-state index contributed by atoms with van der Waals surface area (Å²) in [6, 6.07) is 4.30. The fourth-order valence-corrected chi connectivity index (χ4v) is 3.49. The first-order valence-electron chi connectivity index (χ1n) is 7.14. The summed E-state index contributed by atoms with van der Waals surface area (Å²) in [5.41, 5.74) is 1.33. The van der Waals surface area contributed by atoms with Crippen LogP contribution in [0.4, 0.5) is 15.9 Å². The molecule has 0 amide bonds. The summed E-state index contributed by atoms with van der Waals surface area (Å²) in [6.45, 7) is 3.88. The molecule has 0 saturated heterocycles. The van der Waals surface area contributed by atoms with Crippen LogP contribution in [0.1, 0.15) is 22.2 Å². The van der Waals surface area contributed by atoms with Gasteiger partial charge in [-0.3, -0.25) is 0 Å². The Kier molecular flexibility index (Phi) is 4.64. The molecular weight excluding hydrogens is 353 g/mol. The van der Waals surface area contributed by atoms with Crippen LogP contribution >= 0.6 is 22.9 Å². The molecule has 1 N–H and O–H groups in total. The smallest absolute Gasteiger partial charge is 0.348 e. The van der Waals surface area contributed by atoms with Crippen molar-refractivity contribution in [3.05, 3.63) is 45.8 Å². The third kappa shape index (κ3) is 3.05. The molecule has 24 heavy (non-hydrogen) atoms. The molecule has 8 heteroatoms. The first-order chi connectivity index (χ1) is 11.5. The van der Waals surface area contributed by atoms with Crippen LogP contribution in [0.15, 0.2) is 24.5 Å². The predicted molar refractivity (Wildman–Crippen MR) is 92.8 cm³/mol. The molecule has 0 bridgehead atoms. The Morgan fingerprint density at radius 3 is 2.92 bits per heavy atom. The van der Waals surface area contributed by atoms with Crippen molar-refractivity contribution >= 4 is 50.6 Å². The van der Waals surface area contributed by atoms with Gasteiger partial charge < -0.3 is 10.1 Å². The van der Waals surface area contributed by atoms with Crippen molar-refractivity contribution in [3.8, 4) is 0 Å². The third-order valence-electron chi connectivity index (χ3n) is 3.37. The summed E-state index contributed by atoms with van der Waals surface area (Å²) >= 11 is 7.05. The van der Waals surface area contributed by atoms with Gasteiger partial charge in [0.15, 0.2) is 0 Å². The third-order valence-corrected chi connectivity index (χ3v) is 4.84. The Hall–Kier alpha value is -2.25. The van der Waals surface area contributed by atoms with E-state index in [9.17, 15) is 9.18 Å². The lowest BCUT2D eigenvalue weighted by molar-refractivity contribution is 0.0531. The molecule has 0 saturated carbocycles. The second kappa shape index (κ2) is 6.70. The number of esters is 1. The van der Waals surface area contributed by atoms with E-state index in [1.165, 1.54) is 29.8 Å². The van der Waals surface area contributed by atoms with Crippen molar-refractivity contribution in [2.75, 3.05) is 11.9 Å². The van der Waals surface area contributed by atoms with Crippen LogP contribution in [0.3, 0.4) is 0 Å². The van der Waals surface area contributed by atoms with Crippen molar-refractivity contribution in [1.82, 2.24) is 9.97 Å². The molecule has 0 atom stereocenters. The van der Waals surface area contributed by atoms with E-state index in [2.05, 4.69) is 15.3 Å². The molecule has 0 aliphatic carbocycles. The number of fused-ring (bicyclic) bond motifs is 1. The number of hydrogen-bond acceptors (Lipinski definition) is 6. The van der Waals surface area contributed by atoms with Gasteiger partial charge in [-0.25, -0.2) is 19.2 Å². The number of nitrogens with one attached hydrogen (secondary N) is 1. The summed E-state index contributed by atoms with van der Waals surface area (Å²) in [5.74, 6) is -0.355. The lowest BCUT2D eigenvalue weighted by Gasteiger charge is -2.08. The van der Waals surface area contributed by atoms with Crippen LogP contribution in [-0.4, -0.2) is 22.5 Å². The van der Waals surface area contributed by atoms with Gasteiger partial charge in [0.25, 0.3) is 0 Å². The molecule has 0 fully saturated rings. The normalized spacial score (nSPS) is 10.8. The minimum absolute atomic E-state index is 0.0135. The summed E-state index contributed by atoms with van der Waals surface area (Å²) in [5, 5.41) is 3.83. The van der Waals surface area contributed by atoms with E-state index >= 15 is 0 Å². The molecule has 2 aromatic heterocycles. The van der Waals surface area contributed by atoms with E-state index in [-0.39, 0.29) is 11.0 Å². The van der Waals surface area contributed by atoms with Crippen LogP contribution in [0.2, 0.25) is 5.02 Å². The molecule has 0 unspecified atom stereocenters. The van der Waals surface area contributed by atoms with Gasteiger partial charge >= 0.3 is 5.97 Å². The van der Waals surface area contributed by atoms with E-state index < -0.39 is 5.82 Å². The summed E-state index contributed by atoms with van der Waals surface area (Å²) < 4.78 is 18.4. The molecule has 5 nitrogen and oxygen atoms in total. The van der Waals surface area contributed by atoms with Gasteiger partial charge in [-0.1, -0.05) is 11.6 Å². The van der Waals surface area contributed by atoms with E-state index in [0.29, 0.717) is 27.8 Å².